The number of fused-ring (bicyclic) bond motifs is 2. The lowest BCUT2D eigenvalue weighted by Gasteiger charge is -2.38. The maximum Gasteiger partial charge on any atom is 0.490 e. The number of alkyl halides is 3. The highest BCUT2D eigenvalue weighted by Gasteiger charge is 2.45. The van der Waals surface area contributed by atoms with Crippen LogP contribution >= 0.6 is 0 Å². The van der Waals surface area contributed by atoms with Gasteiger partial charge in [0.05, 0.1) is 15.9 Å². The first kappa shape index (κ1) is 54.7. The highest BCUT2D eigenvalue weighted by molar-refractivity contribution is 7.90. The second-order valence-electron chi connectivity index (χ2n) is 19.0. The van der Waals surface area contributed by atoms with Crippen LogP contribution in [0.2, 0.25) is 0 Å². The van der Waals surface area contributed by atoms with E-state index in [1.165, 1.54) is 21.6 Å². The van der Waals surface area contributed by atoms with Gasteiger partial charge in [-0.15, -0.1) is 0 Å². The van der Waals surface area contributed by atoms with Crippen molar-refractivity contribution < 1.29 is 65.1 Å². The topological polar surface area (TPSA) is 312 Å². The lowest BCUT2D eigenvalue weighted by Crippen LogP contribution is -2.60. The number of hydrogen-bond donors (Lipinski definition) is 6. The Morgan fingerprint density at radius 2 is 1.53 bits per heavy atom. The van der Waals surface area contributed by atoms with Gasteiger partial charge in [-0.1, -0.05) is 18.2 Å². The highest BCUT2D eigenvalue weighted by atomic mass is 32.2. The molecule has 0 bridgehead atoms. The summed E-state index contributed by atoms with van der Waals surface area (Å²) in [6, 6.07) is 7.66. The minimum atomic E-state index is -5.08. The largest absolute Gasteiger partial charge is 0.490 e. The number of nitrogens with zero attached hydrogens (tertiary/aromatic N) is 4. The molecule has 0 radical (unpaired) electrons. The number of carboxylic acids is 1. The quantitative estimate of drug-likeness (QED) is 0.123. The number of sulfone groups is 1. The molecular weight excluding hydrogens is 972 g/mol. The molecular formula is C47H60F3N9O12S. The van der Waals surface area contributed by atoms with Crippen LogP contribution in [0.4, 0.5) is 13.2 Å². The van der Waals surface area contributed by atoms with Gasteiger partial charge in [0.1, 0.15) is 24.2 Å². The number of carbonyl (C=O) groups is 8. The molecule has 3 saturated heterocycles. The Bertz CT molecular complexity index is 2750. The number of aromatic nitrogens is 2. The number of imide groups is 1. The molecule has 7 amide bonds. The third-order valence-electron chi connectivity index (χ3n) is 13.9. The van der Waals surface area contributed by atoms with E-state index < -0.39 is 75.7 Å². The van der Waals surface area contributed by atoms with Crippen LogP contribution in [-0.4, -0.2) is 129 Å². The van der Waals surface area contributed by atoms with E-state index in [2.05, 4.69) is 16.0 Å². The Hall–Kier alpha value is -6.63. The molecule has 0 spiro atoms. The fraction of sp³-hybridized carbons (Fsp3) is 0.553. The molecule has 392 valence electrons. The van der Waals surface area contributed by atoms with Gasteiger partial charge in [0.15, 0.2) is 9.84 Å². The average molecular weight is 1030 g/mol. The van der Waals surface area contributed by atoms with Gasteiger partial charge in [-0.3, -0.25) is 48.0 Å². The van der Waals surface area contributed by atoms with Crippen molar-refractivity contribution in [3.8, 4) is 0 Å². The molecule has 2 aromatic carbocycles. The molecule has 1 unspecified atom stereocenters. The molecule has 3 aliphatic heterocycles. The van der Waals surface area contributed by atoms with Crippen LogP contribution in [0.5, 0.6) is 0 Å². The number of primary amides is 1. The zero-order valence-corrected chi connectivity index (χ0v) is 40.6. The van der Waals surface area contributed by atoms with Crippen molar-refractivity contribution in [1.82, 2.24) is 34.9 Å². The molecule has 21 nitrogen and oxygen atoms in total. The van der Waals surface area contributed by atoms with E-state index in [1.807, 2.05) is 18.2 Å². The van der Waals surface area contributed by atoms with Crippen LogP contribution in [0.15, 0.2) is 52.2 Å². The minimum Gasteiger partial charge on any atom is -0.475 e. The maximum atomic E-state index is 13.9. The van der Waals surface area contributed by atoms with E-state index in [0.29, 0.717) is 49.2 Å². The predicted octanol–water partition coefficient (Wildman–Crippen LogP) is 1.08. The first-order valence-electron chi connectivity index (χ1n) is 23.7. The number of carbonyl (C=O) groups excluding carboxylic acids is 7. The van der Waals surface area contributed by atoms with Crippen molar-refractivity contribution in [2.24, 2.45) is 30.4 Å². The number of imidazole rings is 1. The molecule has 5 atom stereocenters. The van der Waals surface area contributed by atoms with E-state index in [4.69, 9.17) is 21.4 Å². The fourth-order valence-electron chi connectivity index (χ4n) is 9.99. The van der Waals surface area contributed by atoms with Crippen molar-refractivity contribution in [2.45, 2.75) is 131 Å². The first-order chi connectivity index (χ1) is 33.8. The number of rotatable bonds is 14. The lowest BCUT2D eigenvalue weighted by molar-refractivity contribution is -0.192. The van der Waals surface area contributed by atoms with E-state index in [-0.39, 0.29) is 73.1 Å². The van der Waals surface area contributed by atoms with Crippen molar-refractivity contribution >= 4 is 68.2 Å². The van der Waals surface area contributed by atoms with Gasteiger partial charge >= 0.3 is 17.8 Å². The summed E-state index contributed by atoms with van der Waals surface area (Å²) in [6.07, 6.45) is 2.21. The van der Waals surface area contributed by atoms with Gasteiger partial charge in [0.2, 0.25) is 41.4 Å². The van der Waals surface area contributed by atoms with Crippen LogP contribution in [0, 0.1) is 11.8 Å². The Morgan fingerprint density at radius 3 is 2.14 bits per heavy atom. The Balaban J connectivity index is 0.00000113. The smallest absolute Gasteiger partial charge is 0.475 e. The normalized spacial score (nSPS) is 23.2. The molecule has 1 aliphatic carbocycles. The van der Waals surface area contributed by atoms with Crippen molar-refractivity contribution in [3.63, 3.8) is 0 Å². The second kappa shape index (κ2) is 22.8. The SMILES string of the molecule is Cn1c(=O)n(C2CCC(=O)NC2=O)c2ccc(CC3CCC(CC(=O)N4CC[C@H]5CC[C@@H](C(=O)N[C@H](CCC(N)=O)C(=O)NCc6ccc(S(C)(=O)=O)cc6)N5C(=O)[C@@H](N)C4)CC3)cc21.O=C(O)C(F)(F)F. The Labute approximate surface area is 412 Å². The van der Waals surface area contributed by atoms with E-state index in [9.17, 15) is 59.9 Å². The van der Waals surface area contributed by atoms with Crippen LogP contribution in [0.25, 0.3) is 11.0 Å². The second-order valence-corrected chi connectivity index (χ2v) is 21.0. The number of carboxylic acid groups (broad SMARTS) is 1. The van der Waals surface area contributed by atoms with E-state index in [0.717, 1.165) is 49.4 Å². The minimum absolute atomic E-state index is 0.00955. The number of halogens is 3. The third-order valence-corrected chi connectivity index (χ3v) is 15.0. The maximum absolute atomic E-state index is 13.9. The van der Waals surface area contributed by atoms with Crippen molar-refractivity contribution in [3.05, 3.63) is 64.1 Å². The third kappa shape index (κ3) is 13.5. The molecule has 1 aromatic heterocycles. The highest BCUT2D eigenvalue weighted by Crippen LogP contribution is 2.35. The molecule has 7 rings (SSSR count). The zero-order chi connectivity index (χ0) is 52.8. The molecule has 1 saturated carbocycles. The standard InChI is InChI=1S/C45H59N9O10S.C2HF3O2/c1-51-37-22-29(9-14-34(37)54(45(51)62)36-16-18-39(56)50-43(36)60)21-26-3-5-27(6-4-26)23-40(57)52-20-19-30-10-15-35(53(30)44(61)32(46)25-52)42(59)49-33(13-17-38(47)55)41(58)48-24-28-7-11-31(12-8-28)65(2,63)64;3-2(4,5)1(6)7/h7-9,11-12,14,22,26-27,30,32-33,35-36H,3-6,10,13,15-21,23-25,46H2,1-2H3,(H2,47,55)(H,48,58)(H,49,59)(H,50,56,60);(H,6,7)/t26?,27?,30-,32+,33-,35+,36?;/m1./s1. The monoisotopic (exact) mass is 1030 g/mol. The summed E-state index contributed by atoms with van der Waals surface area (Å²) >= 11 is 0. The molecule has 8 N–H and O–H groups in total. The number of amides is 7. The van der Waals surface area contributed by atoms with Gasteiger partial charge in [-0.05, 0) is 111 Å². The number of benzene rings is 2. The van der Waals surface area contributed by atoms with Gasteiger partial charge < -0.3 is 37.0 Å². The molecule has 3 aromatic rings. The Morgan fingerprint density at radius 1 is 0.889 bits per heavy atom. The summed E-state index contributed by atoms with van der Waals surface area (Å²) in [7, 11) is -1.72. The van der Waals surface area contributed by atoms with Crippen LogP contribution in [-0.2, 0) is 68.2 Å². The molecule has 4 heterocycles. The van der Waals surface area contributed by atoms with E-state index >= 15 is 0 Å². The molecule has 4 fully saturated rings. The van der Waals surface area contributed by atoms with Crippen LogP contribution in [0.1, 0.15) is 94.2 Å². The summed E-state index contributed by atoms with van der Waals surface area (Å²) in [5.74, 6) is -5.30. The summed E-state index contributed by atoms with van der Waals surface area (Å²) < 4.78 is 58.4. The van der Waals surface area contributed by atoms with E-state index in [1.54, 1.807) is 28.6 Å². The zero-order valence-electron chi connectivity index (χ0n) is 39.8. The Kier molecular flexibility index (Phi) is 17.4. The molecule has 25 heteroatoms. The van der Waals surface area contributed by atoms with Crippen molar-refractivity contribution in [2.75, 3.05) is 19.3 Å². The number of piperidine rings is 1. The van der Waals surface area contributed by atoms with Gasteiger partial charge in [-0.25, -0.2) is 18.0 Å². The fourth-order valence-corrected chi connectivity index (χ4v) is 10.6. The average Bonchev–Trinajstić information content (AvgIpc) is 3.84. The number of hydrogen-bond acceptors (Lipinski definition) is 12. The summed E-state index contributed by atoms with van der Waals surface area (Å²) in [5.41, 5.74) is 14.6. The van der Waals surface area contributed by atoms with Gasteiger partial charge in [0.25, 0.3) is 0 Å². The molecule has 72 heavy (non-hydrogen) atoms. The number of aryl methyl sites for hydroxylation is 1. The first-order valence-corrected chi connectivity index (χ1v) is 25.6. The van der Waals surface area contributed by atoms with Gasteiger partial charge in [0, 0.05) is 58.2 Å². The van der Waals surface area contributed by atoms with Crippen molar-refractivity contribution in [1.29, 1.82) is 0 Å². The number of nitrogens with two attached hydrogens (primary N) is 2. The number of nitrogens with one attached hydrogen (secondary N) is 3. The summed E-state index contributed by atoms with van der Waals surface area (Å²) in [5, 5.41) is 14.9. The van der Waals surface area contributed by atoms with Crippen LogP contribution < -0.4 is 33.1 Å². The number of aliphatic carboxylic acids is 1. The summed E-state index contributed by atoms with van der Waals surface area (Å²) in [4.78, 5) is 116. The lowest BCUT2D eigenvalue weighted by atomic mass is 9.78. The predicted molar refractivity (Wildman–Crippen MR) is 251 cm³/mol. The van der Waals surface area contributed by atoms with Gasteiger partial charge in [-0.2, -0.15) is 13.2 Å². The van der Waals surface area contributed by atoms with Crippen LogP contribution in [0.3, 0.4) is 0 Å². The molecule has 4 aliphatic rings. The summed E-state index contributed by atoms with van der Waals surface area (Å²) in [6.45, 7) is 0.411.